The lowest BCUT2D eigenvalue weighted by molar-refractivity contribution is 0.102. The van der Waals surface area contributed by atoms with Gasteiger partial charge in [0.25, 0.3) is 5.91 Å². The van der Waals surface area contributed by atoms with Gasteiger partial charge in [-0.2, -0.15) is 5.10 Å². The quantitative estimate of drug-likeness (QED) is 0.489. The van der Waals surface area contributed by atoms with E-state index in [4.69, 9.17) is 4.98 Å². The fourth-order valence-electron chi connectivity index (χ4n) is 4.31. The van der Waals surface area contributed by atoms with Crippen LogP contribution in [0.15, 0.2) is 60.7 Å². The third-order valence-corrected chi connectivity index (χ3v) is 7.77. The molecule has 2 aromatic heterocycles. The van der Waals surface area contributed by atoms with Crippen LogP contribution in [0.3, 0.4) is 0 Å². The molecule has 1 unspecified atom stereocenters. The lowest BCUT2D eigenvalue weighted by Crippen LogP contribution is -2.15. The maximum Gasteiger partial charge on any atom is 0.256 e. The summed E-state index contributed by atoms with van der Waals surface area (Å²) in [5, 5.41) is 8.25. The van der Waals surface area contributed by atoms with Crippen molar-refractivity contribution in [3.8, 4) is 11.3 Å². The number of carbonyl (C=O) groups is 1. The summed E-state index contributed by atoms with van der Waals surface area (Å²) in [6, 6.07) is 18.7. The summed E-state index contributed by atoms with van der Waals surface area (Å²) < 4.78 is 26.0. The van der Waals surface area contributed by atoms with Crippen LogP contribution in [0, 0.1) is 13.8 Å². The second kappa shape index (κ2) is 8.12. The highest BCUT2D eigenvalue weighted by Gasteiger charge is 2.32. The molecule has 0 aliphatic carbocycles. The van der Waals surface area contributed by atoms with E-state index in [1.807, 2.05) is 68.4 Å². The lowest BCUT2D eigenvalue weighted by atomic mass is 10.0. The van der Waals surface area contributed by atoms with Crippen LogP contribution in [0.4, 0.5) is 5.69 Å². The minimum Gasteiger partial charge on any atom is -0.322 e. The Bertz CT molecular complexity index is 1460. The fraction of sp³-hybridized carbons (Fsp3) is 0.240. The molecule has 1 fully saturated rings. The van der Waals surface area contributed by atoms with Gasteiger partial charge in [-0.25, -0.2) is 18.1 Å². The summed E-state index contributed by atoms with van der Waals surface area (Å²) in [7, 11) is -3.11. The van der Waals surface area contributed by atoms with Gasteiger partial charge >= 0.3 is 0 Å². The van der Waals surface area contributed by atoms with Crippen LogP contribution in [0.1, 0.15) is 34.1 Å². The fourth-order valence-corrected chi connectivity index (χ4v) is 6.00. The zero-order valence-corrected chi connectivity index (χ0v) is 19.3. The number of nitrogens with one attached hydrogen (secondary N) is 1. The number of aryl methyl sites for hydroxylation is 2. The second-order valence-electron chi connectivity index (χ2n) is 8.53. The Kier molecular flexibility index (Phi) is 5.25. The maximum absolute atomic E-state index is 13.4. The second-order valence-corrected chi connectivity index (χ2v) is 10.8. The molecule has 4 aromatic rings. The van der Waals surface area contributed by atoms with E-state index in [9.17, 15) is 13.2 Å². The van der Waals surface area contributed by atoms with E-state index in [-0.39, 0.29) is 23.5 Å². The smallest absolute Gasteiger partial charge is 0.256 e. The van der Waals surface area contributed by atoms with E-state index in [0.717, 1.165) is 11.1 Å². The first kappa shape index (κ1) is 21.3. The van der Waals surface area contributed by atoms with Crippen LogP contribution in [-0.4, -0.2) is 40.6 Å². The van der Waals surface area contributed by atoms with Gasteiger partial charge in [-0.15, -0.1) is 0 Å². The average Bonchev–Trinajstić information content (AvgIpc) is 3.33. The van der Waals surface area contributed by atoms with E-state index in [1.54, 1.807) is 10.7 Å². The molecular weight excluding hydrogens is 436 g/mol. The number of benzene rings is 2. The van der Waals surface area contributed by atoms with Gasteiger partial charge in [-0.3, -0.25) is 4.79 Å². The molecule has 33 heavy (non-hydrogen) atoms. The number of para-hydroxylation sites is 1. The highest BCUT2D eigenvalue weighted by atomic mass is 32.2. The molecule has 3 heterocycles. The van der Waals surface area contributed by atoms with Gasteiger partial charge in [0, 0.05) is 11.3 Å². The number of fused-ring (bicyclic) bond motifs is 1. The number of hydrogen-bond acceptors (Lipinski definition) is 5. The van der Waals surface area contributed by atoms with Gasteiger partial charge in [0.2, 0.25) is 0 Å². The van der Waals surface area contributed by atoms with E-state index in [1.165, 1.54) is 0 Å². The first-order valence-corrected chi connectivity index (χ1v) is 12.7. The van der Waals surface area contributed by atoms with Crippen LogP contribution in [-0.2, 0) is 9.84 Å². The van der Waals surface area contributed by atoms with Crippen LogP contribution in [0.25, 0.3) is 22.3 Å². The van der Waals surface area contributed by atoms with Crippen LogP contribution < -0.4 is 5.32 Å². The Morgan fingerprint density at radius 1 is 1.06 bits per heavy atom. The van der Waals surface area contributed by atoms with Crippen molar-refractivity contribution < 1.29 is 13.2 Å². The predicted octanol–water partition coefficient (Wildman–Crippen LogP) is 4.33. The number of carbonyl (C=O) groups excluding carboxylic acids is 1. The topological polar surface area (TPSA) is 94.0 Å². The normalized spacial score (nSPS) is 17.3. The standard InChI is InChI=1S/C25H24N4O3S/c1-16-8-10-18(11-9-16)22-14-21(25(30)26-19-6-4-3-5-7-19)23-17(2)28-29(24(23)27-22)20-12-13-33(31,32)15-20/h3-11,14,20H,12-13,15H2,1-2H3,(H,26,30). The van der Waals surface area contributed by atoms with E-state index in [0.29, 0.717) is 40.1 Å². The van der Waals surface area contributed by atoms with E-state index in [2.05, 4.69) is 10.4 Å². The molecule has 7 nitrogen and oxygen atoms in total. The number of aromatic nitrogens is 3. The van der Waals surface area contributed by atoms with Crippen molar-refractivity contribution in [3.05, 3.63) is 77.5 Å². The van der Waals surface area contributed by atoms with Gasteiger partial charge in [-0.1, -0.05) is 48.0 Å². The first-order chi connectivity index (χ1) is 15.8. The zero-order valence-electron chi connectivity index (χ0n) is 18.4. The van der Waals surface area contributed by atoms with Crippen molar-refractivity contribution in [1.29, 1.82) is 0 Å². The van der Waals surface area contributed by atoms with Gasteiger partial charge in [0.1, 0.15) is 0 Å². The predicted molar refractivity (Wildman–Crippen MR) is 129 cm³/mol. The van der Waals surface area contributed by atoms with Crippen molar-refractivity contribution >= 4 is 32.5 Å². The van der Waals surface area contributed by atoms with Crippen molar-refractivity contribution in [1.82, 2.24) is 14.8 Å². The minimum absolute atomic E-state index is 0.0329. The number of pyridine rings is 1. The largest absolute Gasteiger partial charge is 0.322 e. The summed E-state index contributed by atoms with van der Waals surface area (Å²) in [4.78, 5) is 18.2. The van der Waals surface area contributed by atoms with Gasteiger partial charge in [0.15, 0.2) is 15.5 Å². The summed E-state index contributed by atoms with van der Waals surface area (Å²) >= 11 is 0. The number of rotatable bonds is 4. The number of sulfone groups is 1. The van der Waals surface area contributed by atoms with Crippen LogP contribution >= 0.6 is 0 Å². The SMILES string of the molecule is Cc1ccc(-c2cc(C(=O)Nc3ccccc3)c3c(C)nn(C4CCS(=O)(=O)C4)c3n2)cc1. The molecule has 1 aliphatic heterocycles. The third-order valence-electron chi connectivity index (χ3n) is 6.01. The van der Waals surface area contributed by atoms with Crippen molar-refractivity contribution in [2.45, 2.75) is 26.3 Å². The van der Waals surface area contributed by atoms with E-state index < -0.39 is 9.84 Å². The molecule has 168 valence electrons. The number of hydrogen-bond donors (Lipinski definition) is 1. The van der Waals surface area contributed by atoms with Gasteiger partial charge in [0.05, 0.1) is 39.9 Å². The molecule has 1 amide bonds. The highest BCUT2D eigenvalue weighted by molar-refractivity contribution is 7.91. The maximum atomic E-state index is 13.4. The molecule has 0 bridgehead atoms. The van der Waals surface area contributed by atoms with Gasteiger partial charge < -0.3 is 5.32 Å². The Morgan fingerprint density at radius 2 is 1.79 bits per heavy atom. The van der Waals surface area contributed by atoms with E-state index >= 15 is 0 Å². The summed E-state index contributed by atoms with van der Waals surface area (Å²) in [5.74, 6) is -0.0916. The molecule has 1 N–H and O–H groups in total. The molecular formula is C25H24N4O3S. The summed E-state index contributed by atoms with van der Waals surface area (Å²) in [6.07, 6.45) is 0.487. The van der Waals surface area contributed by atoms with Crippen molar-refractivity contribution in [3.63, 3.8) is 0 Å². The third kappa shape index (κ3) is 4.14. The molecule has 2 aromatic carbocycles. The molecule has 0 spiro atoms. The number of anilines is 1. The number of nitrogens with zero attached hydrogens (tertiary/aromatic N) is 3. The monoisotopic (exact) mass is 460 g/mol. The Labute approximate surface area is 192 Å². The Balaban J connectivity index is 1.69. The molecule has 0 saturated carbocycles. The van der Waals surface area contributed by atoms with Crippen LogP contribution in [0.2, 0.25) is 0 Å². The Hall–Kier alpha value is -3.52. The average molecular weight is 461 g/mol. The lowest BCUT2D eigenvalue weighted by Gasteiger charge is -2.12. The molecule has 1 aliphatic rings. The first-order valence-electron chi connectivity index (χ1n) is 10.8. The molecule has 1 atom stereocenters. The zero-order chi connectivity index (χ0) is 23.2. The van der Waals surface area contributed by atoms with Crippen molar-refractivity contribution in [2.24, 2.45) is 0 Å². The highest BCUT2D eigenvalue weighted by Crippen LogP contribution is 2.32. The van der Waals surface area contributed by atoms with Gasteiger partial charge in [-0.05, 0) is 38.5 Å². The minimum atomic E-state index is -3.11. The van der Waals surface area contributed by atoms with Crippen LogP contribution in [0.5, 0.6) is 0 Å². The summed E-state index contributed by atoms with van der Waals surface area (Å²) in [6.45, 7) is 3.84. The van der Waals surface area contributed by atoms with Crippen molar-refractivity contribution in [2.75, 3.05) is 16.8 Å². The molecule has 8 heteroatoms. The number of amides is 1. The summed E-state index contributed by atoms with van der Waals surface area (Å²) in [5.41, 5.74) is 4.98. The molecule has 5 rings (SSSR count). The molecule has 0 radical (unpaired) electrons. The Morgan fingerprint density at radius 3 is 2.45 bits per heavy atom. The molecule has 1 saturated heterocycles.